The van der Waals surface area contributed by atoms with E-state index in [1.54, 1.807) is 11.1 Å². The van der Waals surface area contributed by atoms with Gasteiger partial charge < -0.3 is 9.96 Å². The van der Waals surface area contributed by atoms with Crippen molar-refractivity contribution in [3.05, 3.63) is 68.4 Å². The second-order valence-electron chi connectivity index (χ2n) is 11.4. The molecule has 0 aromatic rings. The summed E-state index contributed by atoms with van der Waals surface area (Å²) < 4.78 is 0. The van der Waals surface area contributed by atoms with Crippen LogP contribution in [0, 0.1) is 58.4 Å². The molecule has 0 aromatic carbocycles. The Bertz CT molecular complexity index is 599. The standard InChI is InChI=1S/C30H46N2Si.4ClH.2Zr/c1-19-20(2)24(6)29(23(19)5)33(31-27-15-11-9-12-16-27,32-28-17-13-10-14-18-28)30-25(7)21(3)22(4)26(30)8;;;;;;/h27-28H,9-18H2,1-8H3;4*1H;;/q-2;;;;;2*+4/p-4. The molecule has 0 atom stereocenters. The van der Waals surface area contributed by atoms with Crippen LogP contribution < -0.4 is 0 Å². The molecule has 4 aliphatic rings. The number of nitrogens with zero attached hydrogens (tertiary/aromatic N) is 2. The van der Waals surface area contributed by atoms with Gasteiger partial charge in [0.1, 0.15) is 0 Å². The summed E-state index contributed by atoms with van der Waals surface area (Å²) in [6.07, 6.45) is 13.1. The molecule has 0 aromatic heterocycles. The molecule has 0 aliphatic heterocycles. The van der Waals surface area contributed by atoms with Gasteiger partial charge in [0, 0.05) is 0 Å². The third-order valence-electron chi connectivity index (χ3n) is 9.46. The third kappa shape index (κ3) is 9.54. The number of halogens is 4. The van der Waals surface area contributed by atoms with Crippen molar-refractivity contribution in [2.24, 2.45) is 0 Å². The van der Waals surface area contributed by atoms with Crippen molar-refractivity contribution in [1.82, 2.24) is 0 Å². The number of hydrogen-bond acceptors (Lipinski definition) is 0. The topological polar surface area (TPSA) is 28.2 Å². The quantitative estimate of drug-likeness (QED) is 0.240. The van der Waals surface area contributed by atoms with E-state index in [4.69, 9.17) is 44.0 Å². The van der Waals surface area contributed by atoms with E-state index in [1.165, 1.54) is 112 Å². The predicted octanol–water partition coefficient (Wildman–Crippen LogP) is 11.6. The first-order valence-electron chi connectivity index (χ1n) is 14.4. The molecule has 4 rings (SSSR count). The summed E-state index contributed by atoms with van der Waals surface area (Å²) in [5.41, 5.74) is 3.09. The summed E-state index contributed by atoms with van der Waals surface area (Å²) in [4.78, 5) is 12.1. The van der Waals surface area contributed by atoms with E-state index in [0.29, 0.717) is 12.1 Å². The van der Waals surface area contributed by atoms with Crippen molar-refractivity contribution < 1.29 is 41.7 Å². The van der Waals surface area contributed by atoms with Gasteiger partial charge in [-0.1, -0.05) is 131 Å². The van der Waals surface area contributed by atoms with Crippen LogP contribution in [0.5, 0.6) is 0 Å². The van der Waals surface area contributed by atoms with E-state index in [1.807, 2.05) is 0 Å². The van der Waals surface area contributed by atoms with Gasteiger partial charge in [-0.3, -0.25) is 0 Å². The van der Waals surface area contributed by atoms with Crippen LogP contribution in [0.25, 0.3) is 9.96 Å². The summed E-state index contributed by atoms with van der Waals surface area (Å²) in [5.74, 6) is 11.8. The van der Waals surface area contributed by atoms with Gasteiger partial charge in [0.2, 0.25) is 0 Å². The van der Waals surface area contributed by atoms with Crippen molar-refractivity contribution in [2.75, 3.05) is 0 Å². The molecule has 2 nitrogen and oxygen atoms in total. The first-order valence-corrected chi connectivity index (χ1v) is 28.9. The molecular weight excluding hydrogens is 741 g/mol. The minimum atomic E-state index is -2.67. The Kier molecular flexibility index (Phi) is 18.5. The van der Waals surface area contributed by atoms with Crippen molar-refractivity contribution in [3.63, 3.8) is 0 Å². The van der Waals surface area contributed by atoms with E-state index in [9.17, 15) is 0 Å². The Morgan fingerprint density at radius 2 is 0.692 bits per heavy atom. The van der Waals surface area contributed by atoms with E-state index in [2.05, 4.69) is 55.4 Å². The minimum absolute atomic E-state index is 0.474. The van der Waals surface area contributed by atoms with Crippen molar-refractivity contribution in [1.29, 1.82) is 0 Å². The zero-order valence-electron chi connectivity index (χ0n) is 25.1. The molecule has 0 heterocycles. The molecule has 4 aliphatic carbocycles. The van der Waals surface area contributed by atoms with Crippen LogP contribution in [0.2, 0.25) is 0 Å². The first kappa shape index (κ1) is 38.2. The van der Waals surface area contributed by atoms with E-state index in [-0.39, 0.29) is 0 Å². The molecule has 39 heavy (non-hydrogen) atoms. The van der Waals surface area contributed by atoms with Gasteiger partial charge in [-0.25, -0.2) is 0 Å². The molecule has 4 fully saturated rings. The number of hydrogen-bond donors (Lipinski definition) is 0. The van der Waals surface area contributed by atoms with Gasteiger partial charge in [0.15, 0.2) is 0 Å². The molecule has 0 bridgehead atoms. The van der Waals surface area contributed by atoms with E-state index < -0.39 is 50.1 Å². The molecule has 214 valence electrons. The van der Waals surface area contributed by atoms with Crippen LogP contribution in [0.3, 0.4) is 0 Å². The molecule has 0 unspecified atom stereocenters. The van der Waals surface area contributed by atoms with Crippen LogP contribution in [-0.2, 0) is 41.7 Å². The van der Waals surface area contributed by atoms with Gasteiger partial charge >= 0.3 is 75.7 Å². The van der Waals surface area contributed by atoms with Crippen LogP contribution >= 0.6 is 34.1 Å². The maximum absolute atomic E-state index is 6.03. The van der Waals surface area contributed by atoms with E-state index in [0.717, 1.165) is 0 Å². The second-order valence-corrected chi connectivity index (χ2v) is 21.7. The molecule has 0 saturated heterocycles. The monoisotopic (exact) mass is 782 g/mol. The normalized spacial score (nSPS) is 25.7. The zero-order chi connectivity index (χ0) is 29.3. The fraction of sp³-hybridized carbons (Fsp3) is 0.667. The Hall–Kier alpha value is 3.06. The molecule has 0 amide bonds. The Morgan fingerprint density at radius 1 is 0.462 bits per heavy atom. The number of rotatable bonds is 6. The van der Waals surface area contributed by atoms with Crippen LogP contribution in [0.1, 0.15) is 120 Å². The second kappa shape index (κ2) is 18.9. The first-order chi connectivity index (χ1) is 18.5. The Labute approximate surface area is 281 Å². The van der Waals surface area contributed by atoms with Crippen LogP contribution in [0.15, 0.2) is 0 Å². The summed E-state index contributed by atoms with van der Waals surface area (Å²) in [6, 6.07) is 0.947. The summed E-state index contributed by atoms with van der Waals surface area (Å²) in [6.45, 7) is 18.8. The van der Waals surface area contributed by atoms with E-state index >= 15 is 0 Å². The van der Waals surface area contributed by atoms with Gasteiger partial charge in [0.25, 0.3) is 0 Å². The molecule has 9 heteroatoms. The van der Waals surface area contributed by atoms with Crippen LogP contribution in [-0.4, -0.2) is 20.5 Å². The predicted molar refractivity (Wildman–Crippen MR) is 167 cm³/mol. The van der Waals surface area contributed by atoms with Crippen molar-refractivity contribution in [2.45, 2.75) is 132 Å². The fourth-order valence-corrected chi connectivity index (χ4v) is 12.1. The Balaban J connectivity index is 0.000000815. The maximum atomic E-state index is 6.03. The van der Waals surface area contributed by atoms with Gasteiger partial charge in [0.05, 0.1) is 0 Å². The molecule has 0 spiro atoms. The molecule has 4 saturated carbocycles. The molecule has 10 radical (unpaired) electrons. The third-order valence-corrected chi connectivity index (χ3v) is 13.8. The van der Waals surface area contributed by atoms with Crippen molar-refractivity contribution >= 4 is 42.4 Å². The molecular formula is C30H46Cl4N2SiZr2+2. The van der Waals surface area contributed by atoms with Crippen LogP contribution in [0.4, 0.5) is 0 Å². The SMILES string of the molecule is C[C]1[C](C)[C](C)[C]([Si]([N-]C2CCCCC2)([N-]C2CCCCC2)[C]2[C](C)[C](C)[C](C)[C]2C)[C]1C.[Cl][Zr+2][Cl].[Cl][Zr+2][Cl]. The molecule has 0 N–H and O–H groups in total. The summed E-state index contributed by atoms with van der Waals surface area (Å²) in [7, 11) is 17.1. The van der Waals surface area contributed by atoms with Crippen molar-refractivity contribution in [3.8, 4) is 0 Å². The average Bonchev–Trinajstić information content (AvgIpc) is 3.24. The zero-order valence-corrected chi connectivity index (χ0v) is 34.1. The van der Waals surface area contributed by atoms with Gasteiger partial charge in [-0.2, -0.15) is 8.40 Å². The average molecular weight is 787 g/mol. The summed E-state index contributed by atoms with van der Waals surface area (Å²) >= 11 is -1.65. The summed E-state index contributed by atoms with van der Waals surface area (Å²) in [5, 5.41) is 0. The van der Waals surface area contributed by atoms with Gasteiger partial charge in [-0.05, 0) is 47.3 Å². The van der Waals surface area contributed by atoms with Gasteiger partial charge in [-0.15, -0.1) is 12.1 Å². The fourth-order valence-electron chi connectivity index (χ4n) is 6.85. The Morgan fingerprint density at radius 3 is 0.923 bits per heavy atom.